The lowest BCUT2D eigenvalue weighted by molar-refractivity contribution is 1.03. The number of aryl methyl sites for hydroxylation is 1. The number of nitrogens with zero attached hydrogens (tertiary/aromatic N) is 3. The van der Waals surface area contributed by atoms with Crippen LogP contribution in [0.4, 0.5) is 5.82 Å². The Morgan fingerprint density at radius 3 is 2.67 bits per heavy atom. The maximum Gasteiger partial charge on any atom is 0.133 e. The first-order chi connectivity index (χ1) is 8.76. The molecule has 0 unspecified atom stereocenters. The molecule has 0 amide bonds. The van der Waals surface area contributed by atoms with Crippen LogP contribution in [0.25, 0.3) is 11.3 Å². The van der Waals surface area contributed by atoms with Crippen molar-refractivity contribution in [3.05, 3.63) is 35.9 Å². The standard InChI is InChI=1S/C14H18N4/c1-4-12-13(11-6-10(3)7-15-8-11)17-9-18-14(12)16-5-2/h6-9H,4-5H2,1-3H3,(H,16,17,18). The Labute approximate surface area is 108 Å². The van der Waals surface area contributed by atoms with Crippen LogP contribution in [0.3, 0.4) is 0 Å². The molecule has 18 heavy (non-hydrogen) atoms. The van der Waals surface area contributed by atoms with E-state index in [4.69, 9.17) is 0 Å². The van der Waals surface area contributed by atoms with Gasteiger partial charge in [-0.25, -0.2) is 9.97 Å². The van der Waals surface area contributed by atoms with Gasteiger partial charge in [0.15, 0.2) is 0 Å². The first kappa shape index (κ1) is 12.5. The lowest BCUT2D eigenvalue weighted by Gasteiger charge is -2.12. The summed E-state index contributed by atoms with van der Waals surface area (Å²) in [6.45, 7) is 7.08. The van der Waals surface area contributed by atoms with Gasteiger partial charge in [0.25, 0.3) is 0 Å². The van der Waals surface area contributed by atoms with Gasteiger partial charge in [-0.15, -0.1) is 0 Å². The van der Waals surface area contributed by atoms with Crippen LogP contribution in [-0.4, -0.2) is 21.5 Å². The summed E-state index contributed by atoms with van der Waals surface area (Å²) < 4.78 is 0. The lowest BCUT2D eigenvalue weighted by Crippen LogP contribution is -2.05. The molecule has 0 spiro atoms. The molecular formula is C14H18N4. The third kappa shape index (κ3) is 2.47. The average molecular weight is 242 g/mol. The molecule has 0 radical (unpaired) electrons. The monoisotopic (exact) mass is 242 g/mol. The summed E-state index contributed by atoms with van der Waals surface area (Å²) in [6, 6.07) is 2.10. The largest absolute Gasteiger partial charge is 0.370 e. The molecule has 0 bridgehead atoms. The zero-order valence-corrected chi connectivity index (χ0v) is 11.1. The van der Waals surface area contributed by atoms with Crippen LogP contribution in [0.2, 0.25) is 0 Å². The summed E-state index contributed by atoms with van der Waals surface area (Å²) in [5, 5.41) is 3.28. The number of hydrogen-bond donors (Lipinski definition) is 1. The summed E-state index contributed by atoms with van der Waals surface area (Å²) in [6.07, 6.45) is 6.20. The van der Waals surface area contributed by atoms with E-state index < -0.39 is 0 Å². The van der Waals surface area contributed by atoms with Crippen LogP contribution >= 0.6 is 0 Å². The smallest absolute Gasteiger partial charge is 0.133 e. The molecule has 0 aromatic carbocycles. The van der Waals surface area contributed by atoms with E-state index in [2.05, 4.69) is 40.2 Å². The highest BCUT2D eigenvalue weighted by Gasteiger charge is 2.11. The maximum absolute atomic E-state index is 4.41. The van der Waals surface area contributed by atoms with E-state index >= 15 is 0 Å². The van der Waals surface area contributed by atoms with Crippen molar-refractivity contribution in [2.24, 2.45) is 0 Å². The quantitative estimate of drug-likeness (QED) is 0.895. The maximum atomic E-state index is 4.41. The molecule has 4 heteroatoms. The fourth-order valence-electron chi connectivity index (χ4n) is 2.00. The fraction of sp³-hybridized carbons (Fsp3) is 0.357. The number of aromatic nitrogens is 3. The van der Waals surface area contributed by atoms with Crippen LogP contribution in [-0.2, 0) is 6.42 Å². The SMILES string of the molecule is CCNc1ncnc(-c2cncc(C)c2)c1CC. The highest BCUT2D eigenvalue weighted by atomic mass is 15.0. The van der Waals surface area contributed by atoms with E-state index in [1.807, 2.05) is 19.3 Å². The van der Waals surface area contributed by atoms with Crippen LogP contribution < -0.4 is 5.32 Å². The highest BCUT2D eigenvalue weighted by Crippen LogP contribution is 2.25. The van der Waals surface area contributed by atoms with E-state index in [1.165, 1.54) is 0 Å². The van der Waals surface area contributed by atoms with Crippen molar-refractivity contribution in [1.82, 2.24) is 15.0 Å². The Kier molecular flexibility index (Phi) is 3.87. The molecule has 2 heterocycles. The Bertz CT molecular complexity index is 537. The lowest BCUT2D eigenvalue weighted by atomic mass is 10.0. The highest BCUT2D eigenvalue weighted by molar-refractivity contribution is 5.68. The van der Waals surface area contributed by atoms with Crippen molar-refractivity contribution in [3.63, 3.8) is 0 Å². The molecule has 0 aliphatic heterocycles. The Balaban J connectivity index is 2.53. The molecule has 1 N–H and O–H groups in total. The van der Waals surface area contributed by atoms with E-state index in [0.29, 0.717) is 0 Å². The molecule has 0 aliphatic carbocycles. The Hall–Kier alpha value is -1.97. The zero-order chi connectivity index (χ0) is 13.0. The van der Waals surface area contributed by atoms with Gasteiger partial charge in [-0.1, -0.05) is 6.92 Å². The van der Waals surface area contributed by atoms with Crippen LogP contribution in [0, 0.1) is 6.92 Å². The van der Waals surface area contributed by atoms with Gasteiger partial charge in [-0.05, 0) is 31.9 Å². The number of hydrogen-bond acceptors (Lipinski definition) is 4. The number of nitrogens with one attached hydrogen (secondary N) is 1. The van der Waals surface area contributed by atoms with Crippen molar-refractivity contribution < 1.29 is 0 Å². The average Bonchev–Trinajstić information content (AvgIpc) is 2.39. The first-order valence-electron chi connectivity index (χ1n) is 6.26. The summed E-state index contributed by atoms with van der Waals surface area (Å²) in [5.74, 6) is 0.923. The minimum Gasteiger partial charge on any atom is -0.370 e. The molecule has 0 aliphatic rings. The second-order valence-corrected chi connectivity index (χ2v) is 4.18. The van der Waals surface area contributed by atoms with Crippen molar-refractivity contribution in [1.29, 1.82) is 0 Å². The molecule has 0 fully saturated rings. The molecule has 2 rings (SSSR count). The topological polar surface area (TPSA) is 50.7 Å². The number of anilines is 1. The van der Waals surface area contributed by atoms with Crippen LogP contribution in [0.1, 0.15) is 25.0 Å². The fourth-order valence-corrected chi connectivity index (χ4v) is 2.00. The van der Waals surface area contributed by atoms with Gasteiger partial charge in [0, 0.05) is 30.1 Å². The molecule has 0 saturated carbocycles. The summed E-state index contributed by atoms with van der Waals surface area (Å²) in [7, 11) is 0. The first-order valence-corrected chi connectivity index (χ1v) is 6.26. The van der Waals surface area contributed by atoms with Gasteiger partial charge < -0.3 is 5.32 Å². The van der Waals surface area contributed by atoms with E-state index in [1.54, 1.807) is 6.33 Å². The Morgan fingerprint density at radius 2 is 2.00 bits per heavy atom. The van der Waals surface area contributed by atoms with Crippen molar-refractivity contribution in [2.75, 3.05) is 11.9 Å². The minimum atomic E-state index is 0.857. The molecule has 2 aromatic heterocycles. The summed E-state index contributed by atoms with van der Waals surface area (Å²) in [5.41, 5.74) is 4.30. The van der Waals surface area contributed by atoms with Crippen LogP contribution in [0.5, 0.6) is 0 Å². The van der Waals surface area contributed by atoms with Crippen molar-refractivity contribution >= 4 is 5.82 Å². The van der Waals surface area contributed by atoms with Gasteiger partial charge in [0.2, 0.25) is 0 Å². The van der Waals surface area contributed by atoms with Crippen molar-refractivity contribution in [3.8, 4) is 11.3 Å². The molecule has 0 saturated heterocycles. The summed E-state index contributed by atoms with van der Waals surface area (Å²) in [4.78, 5) is 12.9. The molecule has 0 atom stereocenters. The predicted molar refractivity (Wildman–Crippen MR) is 73.5 cm³/mol. The van der Waals surface area contributed by atoms with E-state index in [9.17, 15) is 0 Å². The Morgan fingerprint density at radius 1 is 1.17 bits per heavy atom. The second kappa shape index (κ2) is 5.58. The second-order valence-electron chi connectivity index (χ2n) is 4.18. The number of rotatable bonds is 4. The van der Waals surface area contributed by atoms with Crippen LogP contribution in [0.15, 0.2) is 24.8 Å². The third-order valence-corrected chi connectivity index (χ3v) is 2.79. The molecule has 4 nitrogen and oxygen atoms in total. The third-order valence-electron chi connectivity index (χ3n) is 2.79. The van der Waals surface area contributed by atoms with Gasteiger partial charge in [-0.3, -0.25) is 4.98 Å². The van der Waals surface area contributed by atoms with E-state index in [0.717, 1.165) is 41.2 Å². The van der Waals surface area contributed by atoms with Gasteiger partial charge >= 0.3 is 0 Å². The van der Waals surface area contributed by atoms with Gasteiger partial charge in [-0.2, -0.15) is 0 Å². The zero-order valence-electron chi connectivity index (χ0n) is 11.1. The summed E-state index contributed by atoms with van der Waals surface area (Å²) >= 11 is 0. The predicted octanol–water partition coefficient (Wildman–Crippen LogP) is 2.84. The molecular weight excluding hydrogens is 224 g/mol. The van der Waals surface area contributed by atoms with Crippen molar-refractivity contribution in [2.45, 2.75) is 27.2 Å². The number of pyridine rings is 1. The normalized spacial score (nSPS) is 10.4. The minimum absolute atomic E-state index is 0.857. The molecule has 2 aromatic rings. The van der Waals surface area contributed by atoms with E-state index in [-0.39, 0.29) is 0 Å². The van der Waals surface area contributed by atoms with Gasteiger partial charge in [0.1, 0.15) is 12.1 Å². The molecule has 94 valence electrons. The van der Waals surface area contributed by atoms with Gasteiger partial charge in [0.05, 0.1) is 5.69 Å².